The van der Waals surface area contributed by atoms with Crippen molar-refractivity contribution in [2.75, 3.05) is 6.54 Å². The summed E-state index contributed by atoms with van der Waals surface area (Å²) in [6.07, 6.45) is 3.40. The lowest BCUT2D eigenvalue weighted by Gasteiger charge is -2.32. The molecule has 0 atom stereocenters. The third-order valence-electron chi connectivity index (χ3n) is 4.57. The van der Waals surface area contributed by atoms with Gasteiger partial charge in [-0.25, -0.2) is 0 Å². The average Bonchev–Trinajstić information content (AvgIpc) is 2.45. The fraction of sp³-hybridized carbons (Fsp3) is 0.588. The first-order valence-corrected chi connectivity index (χ1v) is 8.88. The minimum Gasteiger partial charge on any atom is -0.481 e. The van der Waals surface area contributed by atoms with Crippen molar-refractivity contribution in [3.8, 4) is 0 Å². The van der Waals surface area contributed by atoms with Gasteiger partial charge < -0.3 is 10.4 Å². The Labute approximate surface area is 145 Å². The third kappa shape index (κ3) is 4.46. The molecule has 1 fully saturated rings. The minimum absolute atomic E-state index is 0.0680. The molecule has 0 aromatic heterocycles. The maximum absolute atomic E-state index is 11.0. The molecule has 122 valence electrons. The Morgan fingerprint density at radius 3 is 2.55 bits per heavy atom. The molecule has 0 aliphatic heterocycles. The van der Waals surface area contributed by atoms with Gasteiger partial charge in [0, 0.05) is 27.5 Å². The smallest absolute Gasteiger partial charge is 0.306 e. The second-order valence-corrected chi connectivity index (χ2v) is 8.10. The number of hydrogen-bond donors (Lipinski definition) is 2. The van der Waals surface area contributed by atoms with E-state index in [2.05, 4.69) is 41.2 Å². The Bertz CT molecular complexity index is 539. The first-order valence-electron chi connectivity index (χ1n) is 7.71. The summed E-state index contributed by atoms with van der Waals surface area (Å²) in [5, 5.41) is 13.4. The number of halogens is 2. The topological polar surface area (TPSA) is 49.3 Å². The highest BCUT2D eigenvalue weighted by Crippen LogP contribution is 2.32. The normalized spacial score (nSPS) is 22.5. The molecular weight excluding hydrogens is 366 g/mol. The number of nitrogens with one attached hydrogen (secondary N) is 1. The van der Waals surface area contributed by atoms with Crippen LogP contribution in [0.5, 0.6) is 0 Å². The van der Waals surface area contributed by atoms with Gasteiger partial charge in [0.2, 0.25) is 0 Å². The number of hydrogen-bond acceptors (Lipinski definition) is 2. The molecule has 1 aliphatic carbocycles. The fourth-order valence-corrected chi connectivity index (χ4v) is 4.01. The largest absolute Gasteiger partial charge is 0.481 e. The third-order valence-corrected chi connectivity index (χ3v) is 5.38. The fourth-order valence-electron chi connectivity index (χ4n) is 3.08. The van der Waals surface area contributed by atoms with Gasteiger partial charge in [0.15, 0.2) is 0 Å². The Hall–Kier alpha value is -0.580. The first-order chi connectivity index (χ1) is 10.3. The van der Waals surface area contributed by atoms with Crippen LogP contribution < -0.4 is 5.32 Å². The van der Waals surface area contributed by atoms with Crippen LogP contribution in [-0.2, 0) is 10.2 Å². The molecule has 2 rings (SSSR count). The molecule has 0 radical (unpaired) electrons. The zero-order chi connectivity index (χ0) is 16.3. The van der Waals surface area contributed by atoms with Crippen molar-refractivity contribution in [2.45, 2.75) is 51.0 Å². The molecule has 1 aliphatic rings. The van der Waals surface area contributed by atoms with Crippen molar-refractivity contribution in [3.05, 3.63) is 33.3 Å². The molecule has 0 saturated heterocycles. The second-order valence-electron chi connectivity index (χ2n) is 6.78. The van der Waals surface area contributed by atoms with Crippen LogP contribution in [0, 0.1) is 5.92 Å². The van der Waals surface area contributed by atoms with Crippen LogP contribution >= 0.6 is 27.5 Å². The molecule has 0 heterocycles. The van der Waals surface area contributed by atoms with Crippen molar-refractivity contribution in [3.63, 3.8) is 0 Å². The van der Waals surface area contributed by atoms with Crippen LogP contribution in [0.15, 0.2) is 22.7 Å². The monoisotopic (exact) mass is 387 g/mol. The highest BCUT2D eigenvalue weighted by molar-refractivity contribution is 9.10. The van der Waals surface area contributed by atoms with Gasteiger partial charge in [-0.2, -0.15) is 0 Å². The van der Waals surface area contributed by atoms with Gasteiger partial charge in [-0.1, -0.05) is 47.4 Å². The number of aliphatic carboxylic acids is 1. The van der Waals surface area contributed by atoms with Gasteiger partial charge in [-0.05, 0) is 43.4 Å². The standard InChI is InChI=1S/C17H23BrClNO2/c1-17(2,14-8-5-12(18)9-15(14)19)10-20-13-6-3-11(4-7-13)16(21)22/h5,8-9,11,13,20H,3-4,6-7,10H2,1-2H3,(H,21,22). The molecule has 0 amide bonds. The van der Waals surface area contributed by atoms with Crippen molar-refractivity contribution >= 4 is 33.5 Å². The quantitative estimate of drug-likeness (QED) is 0.774. The van der Waals surface area contributed by atoms with E-state index in [0.717, 1.165) is 47.3 Å². The van der Waals surface area contributed by atoms with E-state index in [1.807, 2.05) is 12.1 Å². The van der Waals surface area contributed by atoms with E-state index in [4.69, 9.17) is 16.7 Å². The van der Waals surface area contributed by atoms with Crippen LogP contribution in [0.4, 0.5) is 0 Å². The lowest BCUT2D eigenvalue weighted by atomic mass is 9.82. The molecule has 0 spiro atoms. The summed E-state index contributed by atoms with van der Waals surface area (Å²) in [5.41, 5.74) is 1.06. The molecule has 1 saturated carbocycles. The maximum Gasteiger partial charge on any atom is 0.306 e. The summed E-state index contributed by atoms with van der Waals surface area (Å²) in [6.45, 7) is 5.19. The highest BCUT2D eigenvalue weighted by atomic mass is 79.9. The van der Waals surface area contributed by atoms with Crippen LogP contribution in [-0.4, -0.2) is 23.7 Å². The Balaban J connectivity index is 1.92. The van der Waals surface area contributed by atoms with Crippen LogP contribution in [0.2, 0.25) is 5.02 Å². The molecular formula is C17H23BrClNO2. The first kappa shape index (κ1) is 17.8. The van der Waals surface area contributed by atoms with E-state index in [1.54, 1.807) is 0 Å². The summed E-state index contributed by atoms with van der Waals surface area (Å²) in [6, 6.07) is 6.41. The van der Waals surface area contributed by atoms with Crippen molar-refractivity contribution < 1.29 is 9.90 Å². The SMILES string of the molecule is CC(C)(CNC1CCC(C(=O)O)CC1)c1ccc(Br)cc1Cl. The Morgan fingerprint density at radius 1 is 1.36 bits per heavy atom. The van der Waals surface area contributed by atoms with Crippen LogP contribution in [0.25, 0.3) is 0 Å². The zero-order valence-corrected chi connectivity index (χ0v) is 15.4. The lowest BCUT2D eigenvalue weighted by molar-refractivity contribution is -0.142. The van der Waals surface area contributed by atoms with Crippen LogP contribution in [0.3, 0.4) is 0 Å². The number of rotatable bonds is 5. The molecule has 1 aromatic carbocycles. The van der Waals surface area contributed by atoms with Gasteiger partial charge in [0.05, 0.1) is 5.92 Å². The van der Waals surface area contributed by atoms with Gasteiger partial charge >= 0.3 is 5.97 Å². The molecule has 5 heteroatoms. The lowest BCUT2D eigenvalue weighted by Crippen LogP contribution is -2.41. The molecule has 3 nitrogen and oxygen atoms in total. The number of carboxylic acids is 1. The summed E-state index contributed by atoms with van der Waals surface area (Å²) < 4.78 is 0.983. The summed E-state index contributed by atoms with van der Waals surface area (Å²) in [5.74, 6) is -0.813. The van der Waals surface area contributed by atoms with E-state index in [1.165, 1.54) is 0 Å². The van der Waals surface area contributed by atoms with E-state index in [0.29, 0.717) is 6.04 Å². The highest BCUT2D eigenvalue weighted by Gasteiger charge is 2.28. The number of carbonyl (C=O) groups is 1. The second kappa shape index (κ2) is 7.33. The van der Waals surface area contributed by atoms with Gasteiger partial charge in [0.25, 0.3) is 0 Å². The molecule has 0 bridgehead atoms. The van der Waals surface area contributed by atoms with E-state index in [-0.39, 0.29) is 11.3 Å². The Morgan fingerprint density at radius 2 is 2.00 bits per heavy atom. The molecule has 22 heavy (non-hydrogen) atoms. The van der Waals surface area contributed by atoms with Gasteiger partial charge in [-0.3, -0.25) is 4.79 Å². The Kier molecular flexibility index (Phi) is 5.92. The van der Waals surface area contributed by atoms with Crippen LogP contribution in [0.1, 0.15) is 45.1 Å². The van der Waals surface area contributed by atoms with Crippen molar-refractivity contribution in [1.29, 1.82) is 0 Å². The minimum atomic E-state index is -0.652. The maximum atomic E-state index is 11.0. The summed E-state index contributed by atoms with van der Waals surface area (Å²) in [7, 11) is 0. The van der Waals surface area contributed by atoms with Gasteiger partial charge in [0.1, 0.15) is 0 Å². The average molecular weight is 389 g/mol. The van der Waals surface area contributed by atoms with E-state index < -0.39 is 5.97 Å². The molecule has 0 unspecified atom stereocenters. The number of carboxylic acid groups (broad SMARTS) is 1. The summed E-state index contributed by atoms with van der Waals surface area (Å²) >= 11 is 9.80. The zero-order valence-electron chi connectivity index (χ0n) is 13.0. The van der Waals surface area contributed by atoms with Gasteiger partial charge in [-0.15, -0.1) is 0 Å². The van der Waals surface area contributed by atoms with Crippen molar-refractivity contribution in [1.82, 2.24) is 5.32 Å². The number of benzene rings is 1. The molecule has 1 aromatic rings. The predicted molar refractivity (Wildman–Crippen MR) is 93.6 cm³/mol. The predicted octanol–water partition coefficient (Wildman–Crippen LogP) is 4.61. The van der Waals surface area contributed by atoms with E-state index >= 15 is 0 Å². The summed E-state index contributed by atoms with van der Waals surface area (Å²) in [4.78, 5) is 11.0. The van der Waals surface area contributed by atoms with E-state index in [9.17, 15) is 4.79 Å². The van der Waals surface area contributed by atoms with Crippen molar-refractivity contribution in [2.24, 2.45) is 5.92 Å². The molecule has 2 N–H and O–H groups in total.